The molecule has 18 heavy (non-hydrogen) atoms. The SMILES string of the molecule is CC1CCCC1Cn1c(=S)[nH]c2ccc(Br)cc21. The van der Waals surface area contributed by atoms with Gasteiger partial charge in [0.1, 0.15) is 0 Å². The molecule has 0 bridgehead atoms. The highest BCUT2D eigenvalue weighted by molar-refractivity contribution is 9.10. The maximum absolute atomic E-state index is 5.46. The highest BCUT2D eigenvalue weighted by atomic mass is 79.9. The van der Waals surface area contributed by atoms with Gasteiger partial charge in [-0.2, -0.15) is 0 Å². The lowest BCUT2D eigenvalue weighted by Crippen LogP contribution is -2.13. The van der Waals surface area contributed by atoms with Crippen molar-refractivity contribution in [2.75, 3.05) is 0 Å². The van der Waals surface area contributed by atoms with Crippen molar-refractivity contribution in [2.24, 2.45) is 11.8 Å². The summed E-state index contributed by atoms with van der Waals surface area (Å²) in [5.41, 5.74) is 2.35. The van der Waals surface area contributed by atoms with Crippen molar-refractivity contribution in [3.8, 4) is 0 Å². The topological polar surface area (TPSA) is 20.7 Å². The average Bonchev–Trinajstić information content (AvgIpc) is 2.86. The molecule has 2 aromatic rings. The van der Waals surface area contributed by atoms with Crippen LogP contribution in [0, 0.1) is 16.6 Å². The second-order valence-electron chi connectivity index (χ2n) is 5.37. The number of nitrogens with zero attached hydrogens (tertiary/aromatic N) is 1. The minimum absolute atomic E-state index is 0.773. The summed E-state index contributed by atoms with van der Waals surface area (Å²) in [6, 6.07) is 6.29. The molecule has 1 heterocycles. The number of hydrogen-bond donors (Lipinski definition) is 1. The second-order valence-corrected chi connectivity index (χ2v) is 6.67. The van der Waals surface area contributed by atoms with Crippen LogP contribution in [0.2, 0.25) is 0 Å². The van der Waals surface area contributed by atoms with Crippen LogP contribution in [0.1, 0.15) is 26.2 Å². The van der Waals surface area contributed by atoms with Gasteiger partial charge in [-0.15, -0.1) is 0 Å². The number of aromatic amines is 1. The van der Waals surface area contributed by atoms with Crippen molar-refractivity contribution in [3.63, 3.8) is 0 Å². The van der Waals surface area contributed by atoms with E-state index in [1.54, 1.807) is 0 Å². The fraction of sp³-hybridized carbons (Fsp3) is 0.500. The first kappa shape index (κ1) is 12.4. The van der Waals surface area contributed by atoms with E-state index in [-0.39, 0.29) is 0 Å². The molecule has 1 aromatic carbocycles. The smallest absolute Gasteiger partial charge is 0.178 e. The fourth-order valence-corrected chi connectivity index (χ4v) is 3.67. The molecule has 1 aromatic heterocycles. The maximum Gasteiger partial charge on any atom is 0.178 e. The Hall–Kier alpha value is -0.610. The van der Waals surface area contributed by atoms with E-state index in [1.165, 1.54) is 24.8 Å². The first-order valence-corrected chi connectivity index (χ1v) is 7.73. The van der Waals surface area contributed by atoms with E-state index in [1.807, 2.05) is 0 Å². The summed E-state index contributed by atoms with van der Waals surface area (Å²) in [5.74, 6) is 1.60. The molecule has 3 rings (SSSR count). The minimum Gasteiger partial charge on any atom is -0.331 e. The van der Waals surface area contributed by atoms with Gasteiger partial charge in [0, 0.05) is 11.0 Å². The Morgan fingerprint density at radius 3 is 3.00 bits per heavy atom. The third kappa shape index (κ3) is 2.16. The first-order valence-electron chi connectivity index (χ1n) is 6.53. The summed E-state index contributed by atoms with van der Waals surface area (Å²) in [4.78, 5) is 3.30. The van der Waals surface area contributed by atoms with Gasteiger partial charge < -0.3 is 9.55 Å². The maximum atomic E-state index is 5.46. The van der Waals surface area contributed by atoms with E-state index in [2.05, 4.69) is 50.6 Å². The standard InChI is InChI=1S/C14H17BrN2S/c1-9-3-2-4-10(9)8-17-13-7-11(15)5-6-12(13)16-14(17)18/h5-7,9-10H,2-4,8H2,1H3,(H,16,18). The predicted molar refractivity (Wildman–Crippen MR) is 81.3 cm³/mol. The van der Waals surface area contributed by atoms with Crippen molar-refractivity contribution in [2.45, 2.75) is 32.7 Å². The number of benzene rings is 1. The molecule has 1 saturated carbocycles. The molecule has 0 radical (unpaired) electrons. The monoisotopic (exact) mass is 324 g/mol. The highest BCUT2D eigenvalue weighted by Gasteiger charge is 2.24. The molecule has 2 atom stereocenters. The Kier molecular flexibility index (Phi) is 3.32. The van der Waals surface area contributed by atoms with Gasteiger partial charge in [0.2, 0.25) is 0 Å². The molecule has 0 spiro atoms. The highest BCUT2D eigenvalue weighted by Crippen LogP contribution is 2.33. The van der Waals surface area contributed by atoms with Crippen molar-refractivity contribution in [1.82, 2.24) is 9.55 Å². The number of aromatic nitrogens is 2. The van der Waals surface area contributed by atoms with Crippen LogP contribution in [-0.2, 0) is 6.54 Å². The van der Waals surface area contributed by atoms with E-state index >= 15 is 0 Å². The Labute approximate surface area is 121 Å². The molecule has 4 heteroatoms. The molecule has 2 nitrogen and oxygen atoms in total. The van der Waals surface area contributed by atoms with Crippen LogP contribution in [0.25, 0.3) is 11.0 Å². The molecule has 1 aliphatic carbocycles. The average molecular weight is 325 g/mol. The van der Waals surface area contributed by atoms with Gasteiger partial charge in [-0.05, 0) is 48.7 Å². The molecule has 1 N–H and O–H groups in total. The zero-order valence-corrected chi connectivity index (χ0v) is 12.9. The van der Waals surface area contributed by atoms with E-state index in [9.17, 15) is 0 Å². The summed E-state index contributed by atoms with van der Waals surface area (Å²) < 4.78 is 4.22. The second kappa shape index (κ2) is 4.82. The summed E-state index contributed by atoms with van der Waals surface area (Å²) >= 11 is 9.00. The summed E-state index contributed by atoms with van der Waals surface area (Å²) in [6.45, 7) is 3.42. The number of nitrogens with one attached hydrogen (secondary N) is 1. The van der Waals surface area contributed by atoms with E-state index in [0.29, 0.717) is 0 Å². The van der Waals surface area contributed by atoms with Gasteiger partial charge in [-0.1, -0.05) is 35.7 Å². The van der Waals surface area contributed by atoms with Crippen LogP contribution in [0.5, 0.6) is 0 Å². The zero-order valence-electron chi connectivity index (χ0n) is 10.4. The number of fused-ring (bicyclic) bond motifs is 1. The summed E-state index contributed by atoms with van der Waals surface area (Å²) in [6.07, 6.45) is 4.07. The summed E-state index contributed by atoms with van der Waals surface area (Å²) in [7, 11) is 0. The van der Waals surface area contributed by atoms with Crippen molar-refractivity contribution in [3.05, 3.63) is 27.4 Å². The Morgan fingerprint density at radius 2 is 2.28 bits per heavy atom. The molecular weight excluding hydrogens is 308 g/mol. The molecule has 0 saturated heterocycles. The Morgan fingerprint density at radius 1 is 1.44 bits per heavy atom. The third-order valence-electron chi connectivity index (χ3n) is 4.19. The van der Waals surface area contributed by atoms with Crippen molar-refractivity contribution >= 4 is 39.2 Å². The van der Waals surface area contributed by atoms with Crippen LogP contribution in [0.3, 0.4) is 0 Å². The van der Waals surface area contributed by atoms with Crippen LogP contribution in [0.15, 0.2) is 22.7 Å². The van der Waals surface area contributed by atoms with Gasteiger partial charge in [0.05, 0.1) is 11.0 Å². The fourth-order valence-electron chi connectivity index (χ4n) is 3.04. The molecule has 0 amide bonds. The lowest BCUT2D eigenvalue weighted by atomic mass is 9.98. The molecule has 1 fully saturated rings. The minimum atomic E-state index is 0.773. The third-order valence-corrected chi connectivity index (χ3v) is 5.01. The quantitative estimate of drug-likeness (QED) is 0.779. The largest absolute Gasteiger partial charge is 0.331 e. The zero-order chi connectivity index (χ0) is 12.7. The number of halogens is 1. The van der Waals surface area contributed by atoms with Gasteiger partial charge in [0.15, 0.2) is 4.77 Å². The van der Waals surface area contributed by atoms with Crippen molar-refractivity contribution in [1.29, 1.82) is 0 Å². The van der Waals surface area contributed by atoms with Crippen molar-refractivity contribution < 1.29 is 0 Å². The van der Waals surface area contributed by atoms with E-state index in [4.69, 9.17) is 12.2 Å². The van der Waals surface area contributed by atoms with Crippen LogP contribution < -0.4 is 0 Å². The molecule has 2 unspecified atom stereocenters. The van der Waals surface area contributed by atoms with Gasteiger partial charge in [-0.3, -0.25) is 0 Å². The van der Waals surface area contributed by atoms with Gasteiger partial charge in [-0.25, -0.2) is 0 Å². The normalized spacial score (nSPS) is 23.9. The molecular formula is C14H17BrN2S. The van der Waals surface area contributed by atoms with Crippen LogP contribution in [0.4, 0.5) is 0 Å². The number of H-pyrrole nitrogens is 1. The van der Waals surface area contributed by atoms with E-state index < -0.39 is 0 Å². The predicted octanol–water partition coefficient (Wildman–Crippen LogP) is 4.90. The first-order chi connectivity index (χ1) is 8.65. The molecule has 0 aliphatic heterocycles. The lowest BCUT2D eigenvalue weighted by Gasteiger charge is -2.16. The molecule has 96 valence electrons. The number of hydrogen-bond acceptors (Lipinski definition) is 1. The molecule has 1 aliphatic rings. The van der Waals surface area contributed by atoms with Crippen LogP contribution >= 0.6 is 28.1 Å². The van der Waals surface area contributed by atoms with E-state index in [0.717, 1.165) is 33.1 Å². The number of rotatable bonds is 2. The Bertz CT molecular complexity index is 628. The van der Waals surface area contributed by atoms with Gasteiger partial charge >= 0.3 is 0 Å². The van der Waals surface area contributed by atoms with Gasteiger partial charge in [0.25, 0.3) is 0 Å². The number of imidazole rings is 1. The van der Waals surface area contributed by atoms with Crippen LogP contribution in [-0.4, -0.2) is 9.55 Å². The Balaban J connectivity index is 2.02. The lowest BCUT2D eigenvalue weighted by molar-refractivity contribution is 0.366. The summed E-state index contributed by atoms with van der Waals surface area (Å²) in [5, 5.41) is 0.